The van der Waals surface area contributed by atoms with Crippen molar-refractivity contribution >= 4 is 10.0 Å². The molecule has 17 heavy (non-hydrogen) atoms. The molecule has 0 aromatic rings. The highest BCUT2D eigenvalue weighted by molar-refractivity contribution is 7.89. The molecular formula is C9H19F3N2O2S. The summed E-state index contributed by atoms with van der Waals surface area (Å²) in [6.07, 6.45) is -4.41. The van der Waals surface area contributed by atoms with Gasteiger partial charge in [-0.1, -0.05) is 0 Å². The lowest BCUT2D eigenvalue weighted by Crippen LogP contribution is -2.37. The number of sulfonamides is 1. The molecule has 0 aromatic heterocycles. The van der Waals surface area contributed by atoms with E-state index in [1.54, 1.807) is 7.05 Å². The fraction of sp³-hybridized carbons (Fsp3) is 1.00. The second kappa shape index (κ2) is 7.17. The lowest BCUT2D eigenvalue weighted by molar-refractivity contribution is -0.137. The zero-order valence-electron chi connectivity index (χ0n) is 9.97. The average molecular weight is 276 g/mol. The second-order valence-corrected chi connectivity index (χ2v) is 5.84. The second-order valence-electron chi connectivity index (χ2n) is 3.97. The summed E-state index contributed by atoms with van der Waals surface area (Å²) in [5.41, 5.74) is 0. The minimum Gasteiger partial charge on any atom is -0.320 e. The molecule has 104 valence electrons. The average Bonchev–Trinajstić information content (AvgIpc) is 2.08. The molecule has 0 heterocycles. The Kier molecular flexibility index (Phi) is 7.03. The summed E-state index contributed by atoms with van der Waals surface area (Å²) in [5.74, 6) is -0.142. The van der Waals surface area contributed by atoms with Gasteiger partial charge < -0.3 is 5.32 Å². The van der Waals surface area contributed by atoms with Crippen molar-refractivity contribution in [1.82, 2.24) is 10.0 Å². The van der Waals surface area contributed by atoms with Crippen LogP contribution in [-0.2, 0) is 10.0 Å². The summed E-state index contributed by atoms with van der Waals surface area (Å²) in [5, 5.41) is 2.86. The maximum atomic E-state index is 12.0. The van der Waals surface area contributed by atoms with Gasteiger partial charge in [-0.3, -0.25) is 0 Å². The molecule has 1 atom stereocenters. The van der Waals surface area contributed by atoms with Crippen LogP contribution >= 0.6 is 0 Å². The van der Waals surface area contributed by atoms with Crippen LogP contribution in [0.5, 0.6) is 0 Å². The third-order valence-electron chi connectivity index (χ3n) is 2.01. The van der Waals surface area contributed by atoms with Crippen LogP contribution in [0.25, 0.3) is 0 Å². The van der Waals surface area contributed by atoms with Crippen molar-refractivity contribution in [3.8, 4) is 0 Å². The first-order valence-corrected chi connectivity index (χ1v) is 7.03. The molecule has 4 nitrogen and oxygen atoms in total. The Bertz CT molecular complexity index is 304. The van der Waals surface area contributed by atoms with E-state index in [1.807, 2.05) is 4.72 Å². The molecule has 1 unspecified atom stereocenters. The van der Waals surface area contributed by atoms with Gasteiger partial charge in [-0.05, 0) is 33.4 Å². The molecule has 0 spiro atoms. The molecular weight excluding hydrogens is 257 g/mol. The minimum atomic E-state index is -4.35. The fourth-order valence-electron chi connectivity index (χ4n) is 1.35. The van der Waals surface area contributed by atoms with Crippen LogP contribution in [0, 0.1) is 0 Å². The monoisotopic (exact) mass is 276 g/mol. The molecule has 0 saturated carbocycles. The predicted octanol–water partition coefficient (Wildman–Crippen LogP) is 1.25. The van der Waals surface area contributed by atoms with Gasteiger partial charge in [0.2, 0.25) is 10.0 Å². The van der Waals surface area contributed by atoms with E-state index in [9.17, 15) is 21.6 Å². The highest BCUT2D eigenvalue weighted by atomic mass is 32.2. The predicted molar refractivity (Wildman–Crippen MR) is 60.2 cm³/mol. The highest BCUT2D eigenvalue weighted by Crippen LogP contribution is 2.21. The molecule has 0 amide bonds. The Morgan fingerprint density at radius 2 is 1.82 bits per heavy atom. The first-order valence-electron chi connectivity index (χ1n) is 5.37. The number of unbranched alkanes of at least 4 members (excludes halogenated alkanes) is 1. The van der Waals surface area contributed by atoms with Gasteiger partial charge in [-0.2, -0.15) is 13.2 Å². The third-order valence-corrected chi connectivity index (χ3v) is 3.60. The van der Waals surface area contributed by atoms with E-state index in [0.29, 0.717) is 19.4 Å². The van der Waals surface area contributed by atoms with Crippen molar-refractivity contribution in [3.05, 3.63) is 0 Å². The Morgan fingerprint density at radius 1 is 1.24 bits per heavy atom. The standard InChI is InChI=1S/C9H19F3N2O2S/c1-8(7-9(10,11)12)14-17(15,16)6-4-3-5-13-2/h8,13-14H,3-7H2,1-2H3. The van der Waals surface area contributed by atoms with Gasteiger partial charge in [0.05, 0.1) is 12.2 Å². The molecule has 0 rings (SSSR count). The molecule has 0 radical (unpaired) electrons. The number of hydrogen-bond donors (Lipinski definition) is 2. The van der Waals surface area contributed by atoms with Gasteiger partial charge in [0.15, 0.2) is 0 Å². The summed E-state index contributed by atoms with van der Waals surface area (Å²) in [7, 11) is -1.86. The van der Waals surface area contributed by atoms with E-state index >= 15 is 0 Å². The normalized spacial score (nSPS) is 14.9. The molecule has 0 fully saturated rings. The number of hydrogen-bond acceptors (Lipinski definition) is 3. The quantitative estimate of drug-likeness (QED) is 0.656. The van der Waals surface area contributed by atoms with E-state index in [0.717, 1.165) is 0 Å². The number of alkyl halides is 3. The van der Waals surface area contributed by atoms with Gasteiger partial charge in [-0.25, -0.2) is 13.1 Å². The molecule has 0 bridgehead atoms. The number of nitrogens with one attached hydrogen (secondary N) is 2. The summed E-state index contributed by atoms with van der Waals surface area (Å²) in [6, 6.07) is -1.12. The first-order chi connectivity index (χ1) is 7.66. The zero-order valence-corrected chi connectivity index (χ0v) is 10.8. The van der Waals surface area contributed by atoms with Crippen LogP contribution in [0.2, 0.25) is 0 Å². The fourth-order valence-corrected chi connectivity index (χ4v) is 2.75. The van der Waals surface area contributed by atoms with Crippen LogP contribution in [0.3, 0.4) is 0 Å². The SMILES string of the molecule is CNCCCCS(=O)(=O)NC(C)CC(F)(F)F. The summed E-state index contributed by atoms with van der Waals surface area (Å²) in [6.45, 7) is 1.90. The van der Waals surface area contributed by atoms with E-state index in [2.05, 4.69) is 5.32 Å². The van der Waals surface area contributed by atoms with Gasteiger partial charge in [-0.15, -0.1) is 0 Å². The molecule has 2 N–H and O–H groups in total. The van der Waals surface area contributed by atoms with Gasteiger partial charge in [0.1, 0.15) is 0 Å². The van der Waals surface area contributed by atoms with Crippen molar-refractivity contribution in [3.63, 3.8) is 0 Å². The van der Waals surface area contributed by atoms with Crippen molar-refractivity contribution in [2.75, 3.05) is 19.3 Å². The minimum absolute atomic E-state index is 0.142. The number of halogens is 3. The Hall–Kier alpha value is -0.340. The van der Waals surface area contributed by atoms with Crippen molar-refractivity contribution in [1.29, 1.82) is 0 Å². The largest absolute Gasteiger partial charge is 0.390 e. The Labute approximate surface area is 100 Å². The van der Waals surface area contributed by atoms with Crippen LogP contribution in [0.4, 0.5) is 13.2 Å². The van der Waals surface area contributed by atoms with Crippen LogP contribution in [0.1, 0.15) is 26.2 Å². The van der Waals surface area contributed by atoms with Gasteiger partial charge in [0.25, 0.3) is 0 Å². The van der Waals surface area contributed by atoms with Crippen LogP contribution in [0.15, 0.2) is 0 Å². The lowest BCUT2D eigenvalue weighted by Gasteiger charge is -2.15. The molecule has 0 aliphatic carbocycles. The van der Waals surface area contributed by atoms with Crippen LogP contribution < -0.4 is 10.0 Å². The first kappa shape index (κ1) is 16.7. The van der Waals surface area contributed by atoms with Crippen LogP contribution in [-0.4, -0.2) is 40.0 Å². The Balaban J connectivity index is 3.99. The maximum absolute atomic E-state index is 12.0. The Morgan fingerprint density at radius 3 is 2.29 bits per heavy atom. The summed E-state index contributed by atoms with van der Waals surface area (Å²) in [4.78, 5) is 0. The van der Waals surface area contributed by atoms with Crippen molar-refractivity contribution < 1.29 is 21.6 Å². The molecule has 0 aliphatic heterocycles. The third kappa shape index (κ3) is 10.5. The van der Waals surface area contributed by atoms with Crippen molar-refractivity contribution in [2.24, 2.45) is 0 Å². The molecule has 0 saturated heterocycles. The van der Waals surface area contributed by atoms with E-state index in [-0.39, 0.29) is 5.75 Å². The van der Waals surface area contributed by atoms with Gasteiger partial charge >= 0.3 is 6.18 Å². The zero-order chi connectivity index (χ0) is 13.5. The molecule has 8 heteroatoms. The van der Waals surface area contributed by atoms with E-state index in [4.69, 9.17) is 0 Å². The summed E-state index contributed by atoms with van der Waals surface area (Å²) < 4.78 is 60.8. The highest BCUT2D eigenvalue weighted by Gasteiger charge is 2.31. The van der Waals surface area contributed by atoms with Gasteiger partial charge in [0, 0.05) is 6.04 Å². The topological polar surface area (TPSA) is 58.2 Å². The van der Waals surface area contributed by atoms with E-state index < -0.39 is 28.7 Å². The number of rotatable bonds is 8. The smallest absolute Gasteiger partial charge is 0.320 e. The molecule has 0 aliphatic rings. The maximum Gasteiger partial charge on any atom is 0.390 e. The summed E-state index contributed by atoms with van der Waals surface area (Å²) >= 11 is 0. The van der Waals surface area contributed by atoms with Crippen molar-refractivity contribution in [2.45, 2.75) is 38.4 Å². The van der Waals surface area contributed by atoms with E-state index in [1.165, 1.54) is 6.92 Å². The molecule has 0 aromatic carbocycles. The lowest BCUT2D eigenvalue weighted by atomic mass is 10.2.